The van der Waals surface area contributed by atoms with Crippen LogP contribution in [-0.4, -0.2) is 46.4 Å². The minimum atomic E-state index is -1.06. The fraction of sp³-hybridized carbons (Fsp3) is 0.556. The predicted octanol–water partition coefficient (Wildman–Crippen LogP) is 2.26. The first-order valence-electron chi connectivity index (χ1n) is 8.76. The standard InChI is InChI=1S/C18H23N3O5/c1-9(2)13-7-12(14-10(3)21-26-17(14)19-13)16(22)20-15(18(23)24)11-5-4-6-25-8-11/h7,9,11,15H,4-6,8H2,1-3H3,(H,20,22)(H,23,24). The first kappa shape index (κ1) is 18.3. The zero-order valence-electron chi connectivity index (χ0n) is 15.1. The summed E-state index contributed by atoms with van der Waals surface area (Å²) in [6.07, 6.45) is 1.48. The summed E-state index contributed by atoms with van der Waals surface area (Å²) in [7, 11) is 0. The Kier molecular flexibility index (Phi) is 5.22. The number of fused-ring (bicyclic) bond motifs is 1. The van der Waals surface area contributed by atoms with E-state index in [1.165, 1.54) is 0 Å². The highest BCUT2D eigenvalue weighted by Crippen LogP contribution is 2.26. The monoisotopic (exact) mass is 361 g/mol. The number of carbonyl (C=O) groups excluding carboxylic acids is 1. The third kappa shape index (κ3) is 3.55. The van der Waals surface area contributed by atoms with Crippen LogP contribution >= 0.6 is 0 Å². The number of nitrogens with one attached hydrogen (secondary N) is 1. The number of aryl methyl sites for hydroxylation is 1. The van der Waals surface area contributed by atoms with Crippen LogP contribution in [0, 0.1) is 12.8 Å². The zero-order valence-corrected chi connectivity index (χ0v) is 15.1. The van der Waals surface area contributed by atoms with Crippen molar-refractivity contribution in [3.8, 4) is 0 Å². The first-order chi connectivity index (χ1) is 12.4. The summed E-state index contributed by atoms with van der Waals surface area (Å²) in [5, 5.41) is 16.6. The van der Waals surface area contributed by atoms with Crippen molar-refractivity contribution in [3.05, 3.63) is 23.0 Å². The van der Waals surface area contributed by atoms with E-state index in [0.717, 1.165) is 6.42 Å². The molecule has 8 nitrogen and oxygen atoms in total. The second kappa shape index (κ2) is 7.41. The van der Waals surface area contributed by atoms with Crippen LogP contribution in [0.25, 0.3) is 11.1 Å². The van der Waals surface area contributed by atoms with E-state index < -0.39 is 17.9 Å². The van der Waals surface area contributed by atoms with Gasteiger partial charge in [-0.1, -0.05) is 19.0 Å². The number of aromatic nitrogens is 2. The Balaban J connectivity index is 1.95. The highest BCUT2D eigenvalue weighted by molar-refractivity contribution is 6.07. The maximum Gasteiger partial charge on any atom is 0.326 e. The molecule has 3 heterocycles. The number of hydrogen-bond acceptors (Lipinski definition) is 6. The molecule has 1 aliphatic rings. The van der Waals surface area contributed by atoms with Crippen molar-refractivity contribution in [2.24, 2.45) is 5.92 Å². The van der Waals surface area contributed by atoms with Crippen LogP contribution in [-0.2, 0) is 9.53 Å². The lowest BCUT2D eigenvalue weighted by Crippen LogP contribution is -2.48. The highest BCUT2D eigenvalue weighted by atomic mass is 16.5. The second-order valence-electron chi connectivity index (χ2n) is 6.96. The molecular weight excluding hydrogens is 338 g/mol. The first-order valence-corrected chi connectivity index (χ1v) is 8.76. The topological polar surface area (TPSA) is 115 Å². The lowest BCUT2D eigenvalue weighted by atomic mass is 9.93. The van der Waals surface area contributed by atoms with Crippen LogP contribution in [0.15, 0.2) is 10.6 Å². The van der Waals surface area contributed by atoms with Crippen LogP contribution in [0.2, 0.25) is 0 Å². The molecule has 140 valence electrons. The number of carboxylic acid groups (broad SMARTS) is 1. The Labute approximate surface area is 150 Å². The van der Waals surface area contributed by atoms with E-state index in [1.807, 2.05) is 13.8 Å². The average molecular weight is 361 g/mol. The number of amides is 1. The van der Waals surface area contributed by atoms with Gasteiger partial charge in [0.2, 0.25) is 0 Å². The molecule has 0 aliphatic carbocycles. The number of rotatable bonds is 5. The summed E-state index contributed by atoms with van der Waals surface area (Å²) in [5.74, 6) is -1.71. The van der Waals surface area contributed by atoms with Crippen molar-refractivity contribution in [2.75, 3.05) is 13.2 Å². The molecule has 0 bridgehead atoms. The van der Waals surface area contributed by atoms with Gasteiger partial charge in [0.25, 0.3) is 11.6 Å². The summed E-state index contributed by atoms with van der Waals surface area (Å²) in [5.41, 5.74) is 1.85. The van der Waals surface area contributed by atoms with Gasteiger partial charge in [-0.3, -0.25) is 4.79 Å². The summed E-state index contributed by atoms with van der Waals surface area (Å²) < 4.78 is 10.6. The highest BCUT2D eigenvalue weighted by Gasteiger charge is 2.32. The van der Waals surface area contributed by atoms with Crippen molar-refractivity contribution in [3.63, 3.8) is 0 Å². The van der Waals surface area contributed by atoms with E-state index in [4.69, 9.17) is 9.26 Å². The van der Waals surface area contributed by atoms with E-state index in [-0.39, 0.29) is 17.5 Å². The molecule has 1 saturated heterocycles. The van der Waals surface area contributed by atoms with E-state index >= 15 is 0 Å². The summed E-state index contributed by atoms with van der Waals surface area (Å²) >= 11 is 0. The van der Waals surface area contributed by atoms with Gasteiger partial charge in [-0.2, -0.15) is 0 Å². The van der Waals surface area contributed by atoms with Crippen molar-refractivity contribution in [2.45, 2.75) is 45.6 Å². The van der Waals surface area contributed by atoms with Crippen LogP contribution in [0.3, 0.4) is 0 Å². The molecule has 2 atom stereocenters. The number of ether oxygens (including phenoxy) is 1. The number of nitrogens with zero attached hydrogens (tertiary/aromatic N) is 2. The molecule has 0 spiro atoms. The number of hydrogen-bond donors (Lipinski definition) is 2. The molecule has 2 aromatic rings. The predicted molar refractivity (Wildman–Crippen MR) is 93.1 cm³/mol. The quantitative estimate of drug-likeness (QED) is 0.839. The molecule has 2 aromatic heterocycles. The van der Waals surface area contributed by atoms with Crippen LogP contribution < -0.4 is 5.32 Å². The van der Waals surface area contributed by atoms with Gasteiger partial charge < -0.3 is 19.7 Å². The average Bonchev–Trinajstić information content (AvgIpc) is 3.00. The molecule has 0 saturated carbocycles. The smallest absolute Gasteiger partial charge is 0.326 e. The van der Waals surface area contributed by atoms with E-state index in [1.54, 1.807) is 13.0 Å². The molecule has 2 N–H and O–H groups in total. The van der Waals surface area contributed by atoms with Gasteiger partial charge in [-0.15, -0.1) is 0 Å². The Bertz CT molecular complexity index is 824. The molecular formula is C18H23N3O5. The number of carboxylic acids is 1. The van der Waals surface area contributed by atoms with Gasteiger partial charge in [0.05, 0.1) is 23.3 Å². The Hall–Kier alpha value is -2.48. The molecule has 1 aliphatic heterocycles. The lowest BCUT2D eigenvalue weighted by Gasteiger charge is -2.28. The molecule has 0 aromatic carbocycles. The van der Waals surface area contributed by atoms with Crippen LogP contribution in [0.1, 0.15) is 54.4 Å². The molecule has 8 heteroatoms. The Morgan fingerprint density at radius 3 is 2.77 bits per heavy atom. The zero-order chi connectivity index (χ0) is 18.8. The third-order valence-electron chi connectivity index (χ3n) is 4.69. The molecule has 1 fully saturated rings. The van der Waals surface area contributed by atoms with Crippen molar-refractivity contribution >= 4 is 23.0 Å². The van der Waals surface area contributed by atoms with Crippen molar-refractivity contribution in [1.29, 1.82) is 0 Å². The molecule has 3 rings (SSSR count). The molecule has 2 unspecified atom stereocenters. The maximum atomic E-state index is 12.9. The van der Waals surface area contributed by atoms with E-state index in [9.17, 15) is 14.7 Å². The lowest BCUT2D eigenvalue weighted by molar-refractivity contribution is -0.142. The largest absolute Gasteiger partial charge is 0.480 e. The second-order valence-corrected chi connectivity index (χ2v) is 6.96. The van der Waals surface area contributed by atoms with E-state index in [2.05, 4.69) is 15.5 Å². The normalized spacial score (nSPS) is 18.8. The fourth-order valence-corrected chi connectivity index (χ4v) is 3.22. The van der Waals surface area contributed by atoms with Crippen LogP contribution in [0.5, 0.6) is 0 Å². The van der Waals surface area contributed by atoms with Crippen LogP contribution in [0.4, 0.5) is 0 Å². The SMILES string of the molecule is Cc1noc2nc(C(C)C)cc(C(=O)NC(C(=O)O)C3CCCOC3)c12. The van der Waals surface area contributed by atoms with Crippen molar-refractivity contribution < 1.29 is 24.0 Å². The third-order valence-corrected chi connectivity index (χ3v) is 4.69. The van der Waals surface area contributed by atoms with Gasteiger partial charge in [0, 0.05) is 18.2 Å². The maximum absolute atomic E-state index is 12.9. The van der Waals surface area contributed by atoms with Gasteiger partial charge >= 0.3 is 5.97 Å². The van der Waals surface area contributed by atoms with Gasteiger partial charge in [-0.25, -0.2) is 9.78 Å². The van der Waals surface area contributed by atoms with Gasteiger partial charge in [-0.05, 0) is 31.7 Å². The number of pyridine rings is 1. The molecule has 0 radical (unpaired) electrons. The summed E-state index contributed by atoms with van der Waals surface area (Å²) in [6, 6.07) is 0.677. The molecule has 26 heavy (non-hydrogen) atoms. The van der Waals surface area contributed by atoms with Gasteiger partial charge in [0.1, 0.15) is 6.04 Å². The number of aliphatic carboxylic acids is 1. The van der Waals surface area contributed by atoms with E-state index in [0.29, 0.717) is 42.0 Å². The minimum Gasteiger partial charge on any atom is -0.480 e. The summed E-state index contributed by atoms with van der Waals surface area (Å²) in [6.45, 7) is 6.59. The molecule has 1 amide bonds. The Morgan fingerprint density at radius 2 is 2.15 bits per heavy atom. The number of carbonyl (C=O) groups is 2. The fourth-order valence-electron chi connectivity index (χ4n) is 3.22. The minimum absolute atomic E-state index is 0.0818. The van der Waals surface area contributed by atoms with Crippen molar-refractivity contribution in [1.82, 2.24) is 15.5 Å². The summed E-state index contributed by atoms with van der Waals surface area (Å²) in [4.78, 5) is 29.0. The Morgan fingerprint density at radius 1 is 1.38 bits per heavy atom. The van der Waals surface area contributed by atoms with Gasteiger partial charge in [0.15, 0.2) is 0 Å².